The SMILES string of the molecule is CCCCC(CC)CNC(=O)N1NC2C=CC=C[C@@]2(I)C1=O. The monoisotopic (exact) mass is 417 g/mol. The predicted octanol–water partition coefficient (Wildman–Crippen LogP) is 2.93. The molecule has 0 aromatic heterocycles. The third kappa shape index (κ3) is 3.53. The Labute approximate surface area is 145 Å². The number of rotatable bonds is 6. The lowest BCUT2D eigenvalue weighted by molar-refractivity contribution is -0.127. The topological polar surface area (TPSA) is 61.4 Å². The van der Waals surface area contributed by atoms with E-state index in [0.717, 1.165) is 24.3 Å². The fraction of sp³-hybridized carbons (Fsp3) is 0.625. The highest BCUT2D eigenvalue weighted by Crippen LogP contribution is 2.35. The molecule has 3 atom stereocenters. The van der Waals surface area contributed by atoms with Gasteiger partial charge in [0.15, 0.2) is 0 Å². The van der Waals surface area contributed by atoms with Crippen LogP contribution in [0.25, 0.3) is 0 Å². The highest BCUT2D eigenvalue weighted by atomic mass is 127. The molecule has 5 nitrogen and oxygen atoms in total. The van der Waals surface area contributed by atoms with Crippen molar-refractivity contribution in [3.05, 3.63) is 24.3 Å². The van der Waals surface area contributed by atoms with Crippen molar-refractivity contribution < 1.29 is 9.59 Å². The van der Waals surface area contributed by atoms with Gasteiger partial charge >= 0.3 is 6.03 Å². The van der Waals surface area contributed by atoms with E-state index in [1.54, 1.807) is 0 Å². The molecule has 0 radical (unpaired) electrons. The van der Waals surface area contributed by atoms with Crippen LogP contribution in [0.2, 0.25) is 0 Å². The van der Waals surface area contributed by atoms with Crippen LogP contribution < -0.4 is 10.7 Å². The summed E-state index contributed by atoms with van der Waals surface area (Å²) < 4.78 is -0.698. The molecule has 1 fully saturated rings. The fourth-order valence-electron chi connectivity index (χ4n) is 2.73. The van der Waals surface area contributed by atoms with Gasteiger partial charge < -0.3 is 5.32 Å². The number of allylic oxidation sites excluding steroid dienone is 2. The van der Waals surface area contributed by atoms with Gasteiger partial charge in [-0.05, 0) is 12.3 Å². The number of hydrazine groups is 1. The minimum absolute atomic E-state index is 0.168. The van der Waals surface area contributed by atoms with Crippen molar-refractivity contribution in [2.24, 2.45) is 5.92 Å². The van der Waals surface area contributed by atoms with Crippen LogP contribution in [0.5, 0.6) is 0 Å². The van der Waals surface area contributed by atoms with Crippen LogP contribution in [0, 0.1) is 5.92 Å². The zero-order valence-corrected chi connectivity index (χ0v) is 15.3. The predicted molar refractivity (Wildman–Crippen MR) is 95.5 cm³/mol. The Kier molecular flexibility index (Phi) is 6.02. The Hall–Kier alpha value is -0.890. The first kappa shape index (κ1) is 17.5. The molecule has 2 rings (SSSR count). The lowest BCUT2D eigenvalue weighted by Crippen LogP contribution is -2.48. The molecule has 1 saturated heterocycles. The van der Waals surface area contributed by atoms with Crippen molar-refractivity contribution in [2.75, 3.05) is 6.54 Å². The number of unbranched alkanes of at least 4 members (excludes halogenated alkanes) is 1. The van der Waals surface area contributed by atoms with Gasteiger partial charge in [-0.2, -0.15) is 5.01 Å². The number of carbonyl (C=O) groups is 2. The second-order valence-electron chi connectivity index (χ2n) is 5.86. The fourth-order valence-corrected chi connectivity index (χ4v) is 3.53. The number of nitrogens with one attached hydrogen (secondary N) is 2. The van der Waals surface area contributed by atoms with Gasteiger partial charge in [-0.15, -0.1) is 0 Å². The maximum absolute atomic E-state index is 12.5. The normalized spacial score (nSPS) is 27.9. The Morgan fingerprint density at radius 2 is 2.27 bits per heavy atom. The molecule has 1 heterocycles. The summed E-state index contributed by atoms with van der Waals surface area (Å²) in [7, 11) is 0. The quantitative estimate of drug-likeness (QED) is 0.516. The number of fused-ring (bicyclic) bond motifs is 1. The molecule has 0 aromatic carbocycles. The molecule has 0 saturated carbocycles. The second kappa shape index (κ2) is 7.59. The third-order valence-corrected chi connectivity index (χ3v) is 5.79. The maximum Gasteiger partial charge on any atom is 0.338 e. The minimum atomic E-state index is -0.698. The first-order valence-corrected chi connectivity index (χ1v) is 9.04. The van der Waals surface area contributed by atoms with Gasteiger partial charge in [-0.25, -0.2) is 10.2 Å². The average molecular weight is 417 g/mol. The zero-order valence-electron chi connectivity index (χ0n) is 13.1. The highest BCUT2D eigenvalue weighted by Gasteiger charge is 2.52. The van der Waals surface area contributed by atoms with Crippen LogP contribution in [0.4, 0.5) is 4.79 Å². The molecular formula is C16H24IN3O2. The summed E-state index contributed by atoms with van der Waals surface area (Å²) in [5.41, 5.74) is 2.99. The van der Waals surface area contributed by atoms with Crippen LogP contribution >= 0.6 is 22.6 Å². The molecular weight excluding hydrogens is 393 g/mol. The van der Waals surface area contributed by atoms with Crippen molar-refractivity contribution in [3.8, 4) is 0 Å². The van der Waals surface area contributed by atoms with E-state index >= 15 is 0 Å². The van der Waals surface area contributed by atoms with Crippen LogP contribution in [0.3, 0.4) is 0 Å². The summed E-state index contributed by atoms with van der Waals surface area (Å²) in [5, 5.41) is 4.02. The number of urea groups is 1. The summed E-state index contributed by atoms with van der Waals surface area (Å²) >= 11 is 2.11. The number of amides is 3. The van der Waals surface area contributed by atoms with Gasteiger partial charge in [0.25, 0.3) is 5.91 Å². The molecule has 1 aliphatic heterocycles. The number of alkyl halides is 1. The van der Waals surface area contributed by atoms with Crippen LogP contribution in [0.1, 0.15) is 39.5 Å². The smallest absolute Gasteiger partial charge is 0.336 e. The Morgan fingerprint density at radius 3 is 2.91 bits per heavy atom. The van der Waals surface area contributed by atoms with E-state index in [4.69, 9.17) is 0 Å². The molecule has 122 valence electrons. The van der Waals surface area contributed by atoms with Crippen LogP contribution in [-0.2, 0) is 4.79 Å². The molecule has 6 heteroatoms. The molecule has 3 amide bonds. The molecule has 2 aliphatic rings. The maximum atomic E-state index is 12.5. The number of nitrogens with zero attached hydrogens (tertiary/aromatic N) is 1. The third-order valence-electron chi connectivity index (χ3n) is 4.29. The number of hydrogen-bond acceptors (Lipinski definition) is 3. The summed E-state index contributed by atoms with van der Waals surface area (Å²) in [5.74, 6) is 0.259. The molecule has 2 unspecified atom stereocenters. The van der Waals surface area contributed by atoms with Gasteiger partial charge in [0.2, 0.25) is 0 Å². The zero-order chi connectivity index (χ0) is 16.2. The molecule has 1 aliphatic carbocycles. The van der Waals surface area contributed by atoms with E-state index in [-0.39, 0.29) is 18.0 Å². The highest BCUT2D eigenvalue weighted by molar-refractivity contribution is 14.1. The summed E-state index contributed by atoms with van der Waals surface area (Å²) in [6.07, 6.45) is 12.0. The van der Waals surface area contributed by atoms with E-state index in [2.05, 4.69) is 47.2 Å². The Morgan fingerprint density at radius 1 is 1.50 bits per heavy atom. The van der Waals surface area contributed by atoms with Gasteiger partial charge in [-0.1, -0.05) is 80.0 Å². The largest absolute Gasteiger partial charge is 0.338 e. The summed E-state index contributed by atoms with van der Waals surface area (Å²) in [6.45, 7) is 4.92. The Balaban J connectivity index is 1.92. The van der Waals surface area contributed by atoms with E-state index in [1.165, 1.54) is 6.42 Å². The van der Waals surface area contributed by atoms with Crippen molar-refractivity contribution in [3.63, 3.8) is 0 Å². The standard InChI is InChI=1S/C16H24IN3O2/c1-3-5-8-12(4-2)11-18-15(22)20-14(21)16(17)10-7-6-9-13(16)19-20/h6-7,9-10,12-13,19H,3-5,8,11H2,1-2H3,(H,18,22)/t12?,13?,16-/m0/s1. The first-order chi connectivity index (χ1) is 10.5. The molecule has 0 aromatic rings. The van der Waals surface area contributed by atoms with E-state index < -0.39 is 3.42 Å². The number of carbonyl (C=O) groups excluding carboxylic acids is 2. The lowest BCUT2D eigenvalue weighted by Gasteiger charge is -2.21. The summed E-state index contributed by atoms with van der Waals surface area (Å²) in [6, 6.07) is -0.523. The molecule has 0 bridgehead atoms. The van der Waals surface area contributed by atoms with Gasteiger partial charge in [0, 0.05) is 6.54 Å². The van der Waals surface area contributed by atoms with Crippen molar-refractivity contribution in [1.29, 1.82) is 0 Å². The average Bonchev–Trinajstić information content (AvgIpc) is 2.79. The van der Waals surface area contributed by atoms with Gasteiger partial charge in [0.05, 0.1) is 6.04 Å². The number of halogens is 1. The van der Waals surface area contributed by atoms with E-state index in [0.29, 0.717) is 12.5 Å². The summed E-state index contributed by atoms with van der Waals surface area (Å²) in [4.78, 5) is 24.8. The van der Waals surface area contributed by atoms with Crippen molar-refractivity contribution in [1.82, 2.24) is 15.8 Å². The molecule has 0 spiro atoms. The lowest BCUT2D eigenvalue weighted by atomic mass is 9.96. The van der Waals surface area contributed by atoms with Gasteiger partial charge in [0.1, 0.15) is 3.42 Å². The second-order valence-corrected chi connectivity index (χ2v) is 7.65. The van der Waals surface area contributed by atoms with E-state index in [1.807, 2.05) is 24.3 Å². The Bertz CT molecular complexity index is 492. The number of imide groups is 1. The first-order valence-electron chi connectivity index (χ1n) is 7.96. The molecule has 22 heavy (non-hydrogen) atoms. The minimum Gasteiger partial charge on any atom is -0.336 e. The van der Waals surface area contributed by atoms with Gasteiger partial charge in [-0.3, -0.25) is 4.79 Å². The number of hydrogen-bond donors (Lipinski definition) is 2. The molecule has 2 N–H and O–H groups in total. The van der Waals surface area contributed by atoms with Crippen LogP contribution in [0.15, 0.2) is 24.3 Å². The van der Waals surface area contributed by atoms with E-state index in [9.17, 15) is 9.59 Å². The van der Waals surface area contributed by atoms with Crippen molar-refractivity contribution >= 4 is 34.5 Å². The van der Waals surface area contributed by atoms with Crippen molar-refractivity contribution in [2.45, 2.75) is 49.0 Å². The van der Waals surface area contributed by atoms with Crippen LogP contribution in [-0.4, -0.2) is 33.0 Å².